The Kier molecular flexibility index (Phi) is 6.78. The van der Waals surface area contributed by atoms with Crippen LogP contribution >= 0.6 is 15.9 Å². The standard InChI is InChI=1S/C14H23BrN2/c1-11(2)9-16-4-5-17-10-13-6-12(3)7-14(15)8-13/h6-8,11,16-17H,4-5,9-10H2,1-3H3. The molecule has 0 spiro atoms. The fourth-order valence-electron chi connectivity index (χ4n) is 1.71. The third kappa shape index (κ3) is 6.81. The maximum absolute atomic E-state index is 3.52. The van der Waals surface area contributed by atoms with Crippen LogP contribution in [0.3, 0.4) is 0 Å². The van der Waals surface area contributed by atoms with Crippen molar-refractivity contribution in [2.24, 2.45) is 5.92 Å². The summed E-state index contributed by atoms with van der Waals surface area (Å²) in [7, 11) is 0. The van der Waals surface area contributed by atoms with Crippen molar-refractivity contribution in [1.82, 2.24) is 10.6 Å². The largest absolute Gasteiger partial charge is 0.315 e. The second kappa shape index (κ2) is 7.85. The smallest absolute Gasteiger partial charge is 0.0206 e. The molecule has 2 N–H and O–H groups in total. The molecule has 0 aliphatic heterocycles. The molecule has 0 aliphatic rings. The molecule has 0 aromatic heterocycles. The lowest BCUT2D eigenvalue weighted by Crippen LogP contribution is -2.29. The molecule has 0 amide bonds. The molecule has 0 fully saturated rings. The first-order valence-electron chi connectivity index (χ1n) is 6.25. The maximum Gasteiger partial charge on any atom is 0.0206 e. The van der Waals surface area contributed by atoms with Gasteiger partial charge in [0.1, 0.15) is 0 Å². The number of hydrogen-bond donors (Lipinski definition) is 2. The van der Waals surface area contributed by atoms with E-state index in [0.717, 1.165) is 36.6 Å². The van der Waals surface area contributed by atoms with Gasteiger partial charge in [-0.05, 0) is 42.6 Å². The molecule has 0 saturated carbocycles. The van der Waals surface area contributed by atoms with Gasteiger partial charge in [-0.1, -0.05) is 35.8 Å². The van der Waals surface area contributed by atoms with Gasteiger partial charge in [-0.15, -0.1) is 0 Å². The minimum absolute atomic E-state index is 0.725. The van der Waals surface area contributed by atoms with Crippen LogP contribution in [0.15, 0.2) is 22.7 Å². The van der Waals surface area contributed by atoms with E-state index in [1.54, 1.807) is 0 Å². The van der Waals surface area contributed by atoms with Crippen molar-refractivity contribution in [3.63, 3.8) is 0 Å². The van der Waals surface area contributed by atoms with Crippen LogP contribution in [0.4, 0.5) is 0 Å². The van der Waals surface area contributed by atoms with Crippen molar-refractivity contribution in [3.8, 4) is 0 Å². The van der Waals surface area contributed by atoms with E-state index in [9.17, 15) is 0 Å². The van der Waals surface area contributed by atoms with Crippen molar-refractivity contribution >= 4 is 15.9 Å². The first-order valence-corrected chi connectivity index (χ1v) is 7.04. The summed E-state index contributed by atoms with van der Waals surface area (Å²) in [5.74, 6) is 0.725. The van der Waals surface area contributed by atoms with Crippen LogP contribution in [0, 0.1) is 12.8 Å². The van der Waals surface area contributed by atoms with Gasteiger partial charge in [-0.2, -0.15) is 0 Å². The van der Waals surface area contributed by atoms with E-state index >= 15 is 0 Å². The van der Waals surface area contributed by atoms with Crippen molar-refractivity contribution in [1.29, 1.82) is 0 Å². The molecule has 0 saturated heterocycles. The number of benzene rings is 1. The number of nitrogens with one attached hydrogen (secondary N) is 2. The molecule has 0 radical (unpaired) electrons. The van der Waals surface area contributed by atoms with Crippen LogP contribution < -0.4 is 10.6 Å². The lowest BCUT2D eigenvalue weighted by Gasteiger charge is -2.09. The third-order valence-corrected chi connectivity index (χ3v) is 2.92. The number of rotatable bonds is 7. The van der Waals surface area contributed by atoms with Gasteiger partial charge in [0.15, 0.2) is 0 Å². The molecule has 0 unspecified atom stereocenters. The molecular weight excluding hydrogens is 276 g/mol. The summed E-state index contributed by atoms with van der Waals surface area (Å²) in [6.07, 6.45) is 0. The highest BCUT2D eigenvalue weighted by atomic mass is 79.9. The van der Waals surface area contributed by atoms with Gasteiger partial charge >= 0.3 is 0 Å². The molecule has 0 heterocycles. The van der Waals surface area contributed by atoms with Crippen LogP contribution in [0.2, 0.25) is 0 Å². The lowest BCUT2D eigenvalue weighted by molar-refractivity contribution is 0.535. The van der Waals surface area contributed by atoms with Crippen LogP contribution in [-0.2, 0) is 6.54 Å². The molecule has 0 bridgehead atoms. The zero-order valence-corrected chi connectivity index (χ0v) is 12.6. The highest BCUT2D eigenvalue weighted by Crippen LogP contribution is 2.14. The molecule has 0 atom stereocenters. The third-order valence-electron chi connectivity index (χ3n) is 2.46. The highest BCUT2D eigenvalue weighted by Gasteiger charge is 1.97. The Morgan fingerprint density at radius 1 is 1.12 bits per heavy atom. The van der Waals surface area contributed by atoms with Crippen LogP contribution in [-0.4, -0.2) is 19.6 Å². The Labute approximate surface area is 113 Å². The summed E-state index contributed by atoms with van der Waals surface area (Å²) >= 11 is 3.52. The fourth-order valence-corrected chi connectivity index (χ4v) is 2.37. The number of halogens is 1. The molecule has 1 rings (SSSR count). The topological polar surface area (TPSA) is 24.1 Å². The lowest BCUT2D eigenvalue weighted by atomic mass is 10.1. The average Bonchev–Trinajstić information content (AvgIpc) is 2.21. The Morgan fingerprint density at radius 2 is 1.82 bits per heavy atom. The van der Waals surface area contributed by atoms with Gasteiger partial charge < -0.3 is 10.6 Å². The summed E-state index contributed by atoms with van der Waals surface area (Å²) in [6.45, 7) is 10.7. The zero-order valence-electron chi connectivity index (χ0n) is 11.0. The summed E-state index contributed by atoms with van der Waals surface area (Å²) in [6, 6.07) is 6.52. The van der Waals surface area contributed by atoms with Crippen LogP contribution in [0.25, 0.3) is 0 Å². The SMILES string of the molecule is Cc1cc(Br)cc(CNCCNCC(C)C)c1. The van der Waals surface area contributed by atoms with Gasteiger partial charge in [0, 0.05) is 24.1 Å². The monoisotopic (exact) mass is 298 g/mol. The molecule has 3 heteroatoms. The van der Waals surface area contributed by atoms with E-state index in [1.807, 2.05) is 0 Å². The van der Waals surface area contributed by atoms with E-state index in [1.165, 1.54) is 11.1 Å². The van der Waals surface area contributed by atoms with Gasteiger partial charge in [0.05, 0.1) is 0 Å². The van der Waals surface area contributed by atoms with Crippen molar-refractivity contribution in [3.05, 3.63) is 33.8 Å². The first kappa shape index (κ1) is 14.7. The quantitative estimate of drug-likeness (QED) is 0.756. The molecule has 96 valence electrons. The maximum atomic E-state index is 3.52. The van der Waals surface area contributed by atoms with E-state index in [0.29, 0.717) is 0 Å². The van der Waals surface area contributed by atoms with Crippen molar-refractivity contribution in [2.75, 3.05) is 19.6 Å². The Bertz CT molecular complexity index is 317. The molecular formula is C14H23BrN2. The average molecular weight is 299 g/mol. The fraction of sp³-hybridized carbons (Fsp3) is 0.571. The summed E-state index contributed by atoms with van der Waals surface area (Å²) in [5, 5.41) is 6.87. The Hall–Kier alpha value is -0.380. The minimum Gasteiger partial charge on any atom is -0.315 e. The predicted octanol–water partition coefficient (Wildman–Crippen LogP) is 3.09. The molecule has 0 aliphatic carbocycles. The summed E-state index contributed by atoms with van der Waals surface area (Å²) in [4.78, 5) is 0. The number of hydrogen-bond acceptors (Lipinski definition) is 2. The Balaban J connectivity index is 2.18. The molecule has 1 aromatic rings. The van der Waals surface area contributed by atoms with E-state index in [2.05, 4.69) is 65.5 Å². The molecule has 1 aromatic carbocycles. The number of aryl methyl sites for hydroxylation is 1. The van der Waals surface area contributed by atoms with Crippen molar-refractivity contribution < 1.29 is 0 Å². The summed E-state index contributed by atoms with van der Waals surface area (Å²) in [5.41, 5.74) is 2.63. The molecule has 2 nitrogen and oxygen atoms in total. The normalized spacial score (nSPS) is 11.1. The Morgan fingerprint density at radius 3 is 2.47 bits per heavy atom. The van der Waals surface area contributed by atoms with Crippen molar-refractivity contribution in [2.45, 2.75) is 27.3 Å². The second-order valence-electron chi connectivity index (χ2n) is 4.91. The van der Waals surface area contributed by atoms with Gasteiger partial charge in [-0.25, -0.2) is 0 Å². The van der Waals surface area contributed by atoms with Gasteiger partial charge in [-0.3, -0.25) is 0 Å². The zero-order chi connectivity index (χ0) is 12.7. The second-order valence-corrected chi connectivity index (χ2v) is 5.83. The summed E-state index contributed by atoms with van der Waals surface area (Å²) < 4.78 is 1.16. The first-order chi connectivity index (χ1) is 8.08. The predicted molar refractivity (Wildman–Crippen MR) is 78.3 cm³/mol. The van der Waals surface area contributed by atoms with E-state index < -0.39 is 0 Å². The van der Waals surface area contributed by atoms with Crippen LogP contribution in [0.1, 0.15) is 25.0 Å². The van der Waals surface area contributed by atoms with Gasteiger partial charge in [0.25, 0.3) is 0 Å². The van der Waals surface area contributed by atoms with Crippen LogP contribution in [0.5, 0.6) is 0 Å². The van der Waals surface area contributed by atoms with Gasteiger partial charge in [0.2, 0.25) is 0 Å². The van der Waals surface area contributed by atoms with E-state index in [4.69, 9.17) is 0 Å². The highest BCUT2D eigenvalue weighted by molar-refractivity contribution is 9.10. The minimum atomic E-state index is 0.725. The molecule has 17 heavy (non-hydrogen) atoms. The van der Waals surface area contributed by atoms with E-state index in [-0.39, 0.29) is 0 Å².